The number of alkyl carbamates (subject to hydrolysis) is 1. The zero-order chi connectivity index (χ0) is 16.7. The summed E-state index contributed by atoms with van der Waals surface area (Å²) in [6.45, 7) is 2.90. The van der Waals surface area contributed by atoms with Crippen LogP contribution in [0.2, 0.25) is 0 Å². The molecule has 0 aromatic rings. The highest BCUT2D eigenvalue weighted by Crippen LogP contribution is 2.32. The molecular formula is C16H31IN4O2S. The van der Waals surface area contributed by atoms with Crippen LogP contribution in [0.1, 0.15) is 39.0 Å². The highest BCUT2D eigenvalue weighted by atomic mass is 127. The van der Waals surface area contributed by atoms with Gasteiger partial charge in [-0.1, -0.05) is 0 Å². The van der Waals surface area contributed by atoms with Crippen LogP contribution in [-0.4, -0.2) is 55.8 Å². The molecule has 0 saturated heterocycles. The Bertz CT molecular complexity index is 421. The Morgan fingerprint density at radius 3 is 2.62 bits per heavy atom. The SMILES string of the molecule is CCOC(=O)NC(CNC(=NC)NC1CCC(SC)C1)C1CC1.I. The van der Waals surface area contributed by atoms with Crippen molar-refractivity contribution in [3.05, 3.63) is 0 Å². The number of guanidine groups is 1. The number of hydrogen-bond acceptors (Lipinski definition) is 4. The Morgan fingerprint density at radius 1 is 1.33 bits per heavy atom. The molecule has 6 nitrogen and oxygen atoms in total. The molecular weight excluding hydrogens is 439 g/mol. The van der Waals surface area contributed by atoms with E-state index in [1.54, 1.807) is 7.05 Å². The monoisotopic (exact) mass is 470 g/mol. The molecule has 1 amide bonds. The minimum Gasteiger partial charge on any atom is -0.450 e. The van der Waals surface area contributed by atoms with Gasteiger partial charge in [-0.25, -0.2) is 4.79 Å². The molecule has 0 bridgehead atoms. The quantitative estimate of drug-likeness (QED) is 0.303. The van der Waals surface area contributed by atoms with Crippen LogP contribution in [0.25, 0.3) is 0 Å². The molecule has 0 heterocycles. The lowest BCUT2D eigenvalue weighted by Crippen LogP contribution is -2.49. The third-order valence-corrected chi connectivity index (χ3v) is 5.64. The van der Waals surface area contributed by atoms with Gasteiger partial charge in [0.25, 0.3) is 0 Å². The van der Waals surface area contributed by atoms with Gasteiger partial charge in [0.1, 0.15) is 0 Å². The van der Waals surface area contributed by atoms with Gasteiger partial charge >= 0.3 is 6.09 Å². The summed E-state index contributed by atoms with van der Waals surface area (Å²) >= 11 is 1.95. The largest absolute Gasteiger partial charge is 0.450 e. The van der Waals surface area contributed by atoms with Gasteiger partial charge in [-0.05, 0) is 51.2 Å². The van der Waals surface area contributed by atoms with Crippen molar-refractivity contribution in [3.8, 4) is 0 Å². The maximum absolute atomic E-state index is 11.6. The predicted molar refractivity (Wildman–Crippen MR) is 112 cm³/mol. The number of thioether (sulfide) groups is 1. The topological polar surface area (TPSA) is 74.8 Å². The lowest BCUT2D eigenvalue weighted by Gasteiger charge is -2.22. The molecule has 2 rings (SSSR count). The highest BCUT2D eigenvalue weighted by Gasteiger charge is 2.33. The maximum Gasteiger partial charge on any atom is 0.407 e. The number of rotatable bonds is 7. The zero-order valence-corrected chi connectivity index (χ0v) is 18.0. The molecule has 8 heteroatoms. The van der Waals surface area contributed by atoms with Gasteiger partial charge in [0.15, 0.2) is 5.96 Å². The minimum atomic E-state index is -0.326. The van der Waals surface area contributed by atoms with Crippen LogP contribution in [0.3, 0.4) is 0 Å². The minimum absolute atomic E-state index is 0. The average Bonchev–Trinajstić information content (AvgIpc) is 3.29. The second kappa shape index (κ2) is 11.3. The Labute approximate surface area is 166 Å². The maximum atomic E-state index is 11.6. The van der Waals surface area contributed by atoms with E-state index in [1.165, 1.54) is 32.1 Å². The normalized spacial score (nSPS) is 24.7. The number of nitrogens with zero attached hydrogens (tertiary/aromatic N) is 1. The van der Waals surface area contributed by atoms with Gasteiger partial charge in [-0.15, -0.1) is 24.0 Å². The lowest BCUT2D eigenvalue weighted by atomic mass is 10.2. The number of halogens is 1. The van der Waals surface area contributed by atoms with Crippen molar-refractivity contribution in [2.45, 2.75) is 56.4 Å². The summed E-state index contributed by atoms with van der Waals surface area (Å²) in [6.07, 6.45) is 7.85. The van der Waals surface area contributed by atoms with E-state index in [-0.39, 0.29) is 36.1 Å². The zero-order valence-electron chi connectivity index (χ0n) is 14.8. The van der Waals surface area contributed by atoms with Crippen molar-refractivity contribution < 1.29 is 9.53 Å². The van der Waals surface area contributed by atoms with Gasteiger partial charge in [0, 0.05) is 24.9 Å². The summed E-state index contributed by atoms with van der Waals surface area (Å²) in [7, 11) is 1.79. The predicted octanol–water partition coefficient (Wildman–Crippen LogP) is 2.58. The lowest BCUT2D eigenvalue weighted by molar-refractivity contribution is 0.146. The first-order valence-corrected chi connectivity index (χ1v) is 9.88. The molecule has 0 aromatic carbocycles. The smallest absolute Gasteiger partial charge is 0.407 e. The van der Waals surface area contributed by atoms with Crippen LogP contribution in [0.4, 0.5) is 4.79 Å². The van der Waals surface area contributed by atoms with E-state index in [0.29, 0.717) is 25.1 Å². The number of aliphatic imine (C=N–C) groups is 1. The third-order valence-electron chi connectivity index (χ3n) is 4.54. The number of amides is 1. The van der Waals surface area contributed by atoms with Crippen LogP contribution in [0, 0.1) is 5.92 Å². The second-order valence-corrected chi connectivity index (χ2v) is 7.41. The summed E-state index contributed by atoms with van der Waals surface area (Å²) in [5.41, 5.74) is 0. The van der Waals surface area contributed by atoms with E-state index in [9.17, 15) is 4.79 Å². The van der Waals surface area contributed by atoms with Gasteiger partial charge in [-0.2, -0.15) is 11.8 Å². The molecule has 140 valence electrons. The van der Waals surface area contributed by atoms with Gasteiger partial charge < -0.3 is 20.7 Å². The first-order valence-electron chi connectivity index (χ1n) is 8.59. The summed E-state index contributed by atoms with van der Waals surface area (Å²) in [6, 6.07) is 0.603. The van der Waals surface area contributed by atoms with Gasteiger partial charge in [0.2, 0.25) is 0 Å². The Morgan fingerprint density at radius 2 is 2.08 bits per heavy atom. The first-order chi connectivity index (χ1) is 11.2. The molecule has 2 fully saturated rings. The molecule has 2 aliphatic rings. The summed E-state index contributed by atoms with van der Waals surface area (Å²) < 4.78 is 4.99. The fourth-order valence-corrected chi connectivity index (χ4v) is 3.83. The van der Waals surface area contributed by atoms with Gasteiger partial charge in [0.05, 0.1) is 12.6 Å². The summed E-state index contributed by atoms with van der Waals surface area (Å²) in [5, 5.41) is 10.6. The summed E-state index contributed by atoms with van der Waals surface area (Å²) in [4.78, 5) is 16.0. The van der Waals surface area contributed by atoms with E-state index in [4.69, 9.17) is 4.74 Å². The molecule has 0 radical (unpaired) electrons. The second-order valence-electron chi connectivity index (χ2n) is 6.27. The molecule has 3 unspecified atom stereocenters. The molecule has 0 spiro atoms. The number of carbonyl (C=O) groups excluding carboxylic acids is 1. The van der Waals surface area contributed by atoms with E-state index in [2.05, 4.69) is 27.2 Å². The number of ether oxygens (including phenoxy) is 1. The molecule has 0 aromatic heterocycles. The third kappa shape index (κ3) is 7.25. The molecule has 2 aliphatic carbocycles. The molecule has 3 N–H and O–H groups in total. The van der Waals surface area contributed by atoms with Gasteiger partial charge in [-0.3, -0.25) is 4.99 Å². The standard InChI is InChI=1S/C16H30N4O2S.HI/c1-4-22-16(21)20-14(11-5-6-11)10-18-15(17-2)19-12-7-8-13(9-12)23-3;/h11-14H,4-10H2,1-3H3,(H,20,21)(H2,17,18,19);1H. The molecule has 2 saturated carbocycles. The fraction of sp³-hybridized carbons (Fsp3) is 0.875. The first kappa shape index (κ1) is 21.7. The van der Waals surface area contributed by atoms with Crippen LogP contribution in [-0.2, 0) is 4.74 Å². The van der Waals surface area contributed by atoms with Crippen LogP contribution in [0.15, 0.2) is 4.99 Å². The van der Waals surface area contributed by atoms with Crippen LogP contribution in [0.5, 0.6) is 0 Å². The van der Waals surface area contributed by atoms with Crippen LogP contribution < -0.4 is 16.0 Å². The van der Waals surface area contributed by atoms with Crippen molar-refractivity contribution in [3.63, 3.8) is 0 Å². The summed E-state index contributed by atoms with van der Waals surface area (Å²) in [5.74, 6) is 1.38. The van der Waals surface area contributed by atoms with E-state index in [0.717, 1.165) is 11.2 Å². The Kier molecular flexibility index (Phi) is 10.2. The number of hydrogen-bond donors (Lipinski definition) is 3. The fourth-order valence-electron chi connectivity index (χ4n) is 3.04. The molecule has 0 aliphatic heterocycles. The van der Waals surface area contributed by atoms with Crippen molar-refractivity contribution in [2.75, 3.05) is 26.5 Å². The van der Waals surface area contributed by atoms with Crippen molar-refractivity contribution in [1.29, 1.82) is 0 Å². The van der Waals surface area contributed by atoms with E-state index in [1.807, 2.05) is 18.7 Å². The van der Waals surface area contributed by atoms with E-state index >= 15 is 0 Å². The van der Waals surface area contributed by atoms with Crippen LogP contribution >= 0.6 is 35.7 Å². The Balaban J connectivity index is 0.00000288. The number of carbonyl (C=O) groups is 1. The average molecular weight is 470 g/mol. The van der Waals surface area contributed by atoms with E-state index < -0.39 is 0 Å². The number of nitrogens with one attached hydrogen (secondary N) is 3. The van der Waals surface area contributed by atoms with Crippen molar-refractivity contribution >= 4 is 47.8 Å². The van der Waals surface area contributed by atoms with Crippen molar-refractivity contribution in [2.24, 2.45) is 10.9 Å². The molecule has 24 heavy (non-hydrogen) atoms. The molecule has 3 atom stereocenters. The Hall–Kier alpha value is -0.380. The van der Waals surface area contributed by atoms with Crippen molar-refractivity contribution in [1.82, 2.24) is 16.0 Å². The highest BCUT2D eigenvalue weighted by molar-refractivity contribution is 14.0.